The van der Waals surface area contributed by atoms with Gasteiger partial charge in [0, 0.05) is 0 Å². The summed E-state index contributed by atoms with van der Waals surface area (Å²) in [4.78, 5) is 11.4. The van der Waals surface area contributed by atoms with E-state index in [2.05, 4.69) is 48.5 Å². The van der Waals surface area contributed by atoms with Crippen LogP contribution in [0.4, 0.5) is 0 Å². The summed E-state index contributed by atoms with van der Waals surface area (Å²) in [6.07, 6.45) is 2.19. The van der Waals surface area contributed by atoms with Gasteiger partial charge >= 0.3 is 155 Å². The van der Waals surface area contributed by atoms with E-state index in [1.54, 1.807) is 0 Å². The first-order valence-electron chi connectivity index (χ1n) is 8.46. The molecule has 0 amide bonds. The molecule has 1 unspecified atom stereocenters. The van der Waals surface area contributed by atoms with E-state index in [-0.39, 0.29) is 27.0 Å². The van der Waals surface area contributed by atoms with E-state index < -0.39 is 0 Å². The van der Waals surface area contributed by atoms with Crippen molar-refractivity contribution in [3.05, 3.63) is 76.3 Å². The Morgan fingerprint density at radius 2 is 1.80 bits per heavy atom. The first-order valence-corrected chi connectivity index (χ1v) is 10.2. The average molecular weight is 401 g/mol. The molecule has 0 spiro atoms. The zero-order valence-corrected chi connectivity index (χ0v) is 16.0. The number of esters is 1. The Balaban J connectivity index is 1.80. The van der Waals surface area contributed by atoms with E-state index in [0.717, 1.165) is 12.8 Å². The van der Waals surface area contributed by atoms with Crippen LogP contribution in [-0.2, 0) is 14.3 Å². The molecule has 3 rings (SSSR count). The predicted molar refractivity (Wildman–Crippen MR) is 99.9 cm³/mol. The molecule has 0 aliphatic carbocycles. The number of carbonyl (C=O) groups excluding carboxylic acids is 1. The van der Waals surface area contributed by atoms with E-state index in [0.29, 0.717) is 13.0 Å². The zero-order valence-electron chi connectivity index (χ0n) is 14.3. The molecular formula is C21H22O3Se. The van der Waals surface area contributed by atoms with Gasteiger partial charge in [0.05, 0.1) is 0 Å². The summed E-state index contributed by atoms with van der Waals surface area (Å²) in [7, 11) is 1.44. The Labute approximate surface area is 155 Å². The first kappa shape index (κ1) is 17.9. The second-order valence-electron chi connectivity index (χ2n) is 5.91. The summed E-state index contributed by atoms with van der Waals surface area (Å²) in [5, 5.41) is 0. The molecule has 0 bridgehead atoms. The number of hydrogen-bond acceptors (Lipinski definition) is 3. The molecule has 0 saturated carbocycles. The third-order valence-corrected chi connectivity index (χ3v) is 6.75. The van der Waals surface area contributed by atoms with Crippen LogP contribution in [0.2, 0.25) is 0 Å². The maximum absolute atomic E-state index is 11.4. The van der Waals surface area contributed by atoms with Gasteiger partial charge in [0.25, 0.3) is 0 Å². The molecule has 0 radical (unpaired) electrons. The molecule has 130 valence electrons. The predicted octanol–water partition coefficient (Wildman–Crippen LogP) is 3.39. The van der Waals surface area contributed by atoms with Crippen molar-refractivity contribution in [3.63, 3.8) is 0 Å². The van der Waals surface area contributed by atoms with Crippen molar-refractivity contribution in [2.75, 3.05) is 13.7 Å². The number of rotatable bonds is 7. The zero-order chi connectivity index (χ0) is 17.5. The maximum atomic E-state index is 11.4. The quantitative estimate of drug-likeness (QED) is 0.527. The summed E-state index contributed by atoms with van der Waals surface area (Å²) >= 11 is 0.221. The van der Waals surface area contributed by atoms with Crippen LogP contribution in [0.5, 0.6) is 0 Å². The molecule has 0 N–H and O–H groups in total. The minimum atomic E-state index is -0.144. The Morgan fingerprint density at radius 1 is 1.12 bits per heavy atom. The van der Waals surface area contributed by atoms with Crippen molar-refractivity contribution in [1.29, 1.82) is 0 Å². The third kappa shape index (κ3) is 4.82. The summed E-state index contributed by atoms with van der Waals surface area (Å²) < 4.78 is 13.6. The van der Waals surface area contributed by atoms with Gasteiger partial charge in [-0.15, -0.1) is 0 Å². The number of benzene rings is 2. The van der Waals surface area contributed by atoms with Crippen LogP contribution in [0, 0.1) is 0 Å². The number of carbonyl (C=O) groups is 1. The Hall–Kier alpha value is -1.87. The fourth-order valence-corrected chi connectivity index (χ4v) is 5.32. The Kier molecular flexibility index (Phi) is 6.46. The van der Waals surface area contributed by atoms with Crippen LogP contribution in [0.15, 0.2) is 70.7 Å². The number of hydrogen-bond donors (Lipinski definition) is 0. The third-order valence-electron chi connectivity index (χ3n) is 4.17. The van der Waals surface area contributed by atoms with Gasteiger partial charge < -0.3 is 0 Å². The van der Waals surface area contributed by atoms with Crippen LogP contribution in [-0.4, -0.2) is 34.6 Å². The summed E-state index contributed by atoms with van der Waals surface area (Å²) in [5.74, 6) is -0.144. The average Bonchev–Trinajstić information content (AvgIpc) is 3.05. The van der Waals surface area contributed by atoms with Crippen LogP contribution < -0.4 is 4.46 Å². The van der Waals surface area contributed by atoms with Gasteiger partial charge in [-0.05, 0) is 0 Å². The summed E-state index contributed by atoms with van der Waals surface area (Å²) in [6, 6.07) is 21.0. The molecule has 0 saturated heterocycles. The molecule has 0 aromatic heterocycles. The standard InChI is InChI=1S/C21H22O3Se/c1-23-19(22)14-8-11-17-15-24-20(16-9-4-2-5-10-16)21(17)25-18-12-6-3-7-13-18/h2-7,9-10,12-13,20H,8,11,14-15H2,1H3. The Morgan fingerprint density at radius 3 is 2.48 bits per heavy atom. The van der Waals surface area contributed by atoms with Gasteiger partial charge in [0.2, 0.25) is 0 Å². The molecular weight excluding hydrogens is 379 g/mol. The molecule has 2 aromatic rings. The summed E-state index contributed by atoms with van der Waals surface area (Å²) in [6.45, 7) is 0.657. The SMILES string of the molecule is COC(=O)CCCC1=C([Se]c2ccccc2)C(c2ccccc2)OC1. The van der Waals surface area contributed by atoms with E-state index >= 15 is 0 Å². The number of methoxy groups -OCH3 is 1. The topological polar surface area (TPSA) is 35.5 Å². The molecule has 1 aliphatic rings. The minimum absolute atomic E-state index is 0.0366. The molecule has 1 aliphatic heterocycles. The molecule has 1 heterocycles. The van der Waals surface area contributed by atoms with Crippen molar-refractivity contribution in [1.82, 2.24) is 0 Å². The summed E-state index contributed by atoms with van der Waals surface area (Å²) in [5.41, 5.74) is 2.56. The van der Waals surface area contributed by atoms with Crippen LogP contribution in [0.1, 0.15) is 30.9 Å². The van der Waals surface area contributed by atoms with Crippen LogP contribution in [0.25, 0.3) is 0 Å². The van der Waals surface area contributed by atoms with Gasteiger partial charge in [-0.2, -0.15) is 0 Å². The van der Waals surface area contributed by atoms with Crippen molar-refractivity contribution in [2.45, 2.75) is 25.4 Å². The second kappa shape index (κ2) is 9.00. The van der Waals surface area contributed by atoms with E-state index in [1.807, 2.05) is 12.1 Å². The van der Waals surface area contributed by atoms with Gasteiger partial charge in [-0.25, -0.2) is 0 Å². The fourth-order valence-electron chi connectivity index (χ4n) is 2.88. The molecule has 4 heteroatoms. The van der Waals surface area contributed by atoms with Gasteiger partial charge in [-0.3, -0.25) is 0 Å². The molecule has 25 heavy (non-hydrogen) atoms. The molecule has 2 aromatic carbocycles. The van der Waals surface area contributed by atoms with Crippen LogP contribution in [0.3, 0.4) is 0 Å². The second-order valence-corrected chi connectivity index (χ2v) is 8.25. The first-order chi connectivity index (χ1) is 12.3. The van der Waals surface area contributed by atoms with Crippen molar-refractivity contribution < 1.29 is 14.3 Å². The normalized spacial score (nSPS) is 16.9. The number of ether oxygens (including phenoxy) is 2. The van der Waals surface area contributed by atoms with Gasteiger partial charge in [0.15, 0.2) is 0 Å². The monoisotopic (exact) mass is 402 g/mol. The van der Waals surface area contributed by atoms with E-state index in [9.17, 15) is 4.79 Å². The van der Waals surface area contributed by atoms with Crippen molar-refractivity contribution in [2.24, 2.45) is 0 Å². The molecule has 1 atom stereocenters. The van der Waals surface area contributed by atoms with Crippen LogP contribution >= 0.6 is 0 Å². The van der Waals surface area contributed by atoms with Crippen molar-refractivity contribution in [3.8, 4) is 0 Å². The fraction of sp³-hybridized carbons (Fsp3) is 0.286. The van der Waals surface area contributed by atoms with E-state index in [1.165, 1.54) is 27.2 Å². The van der Waals surface area contributed by atoms with E-state index in [4.69, 9.17) is 9.47 Å². The van der Waals surface area contributed by atoms with Crippen molar-refractivity contribution >= 4 is 25.4 Å². The van der Waals surface area contributed by atoms with Gasteiger partial charge in [0.1, 0.15) is 0 Å². The molecule has 3 nitrogen and oxygen atoms in total. The Bertz CT molecular complexity index is 725. The van der Waals surface area contributed by atoms with Gasteiger partial charge in [-0.1, -0.05) is 0 Å². The molecule has 0 fully saturated rings.